The van der Waals surface area contributed by atoms with Crippen molar-refractivity contribution < 1.29 is 32.9 Å². The molecule has 0 bridgehead atoms. The van der Waals surface area contributed by atoms with Gasteiger partial charge in [0.2, 0.25) is 5.91 Å². The van der Waals surface area contributed by atoms with Gasteiger partial charge in [0.25, 0.3) is 7.82 Å². The van der Waals surface area contributed by atoms with Crippen LogP contribution in [-0.2, 0) is 18.4 Å². The molecule has 0 aliphatic heterocycles. The van der Waals surface area contributed by atoms with E-state index in [1.165, 1.54) is 193 Å². The summed E-state index contributed by atoms with van der Waals surface area (Å²) in [6.45, 7) is 4.55. The number of likely N-dealkylation sites (N-methyl/N-ethyl adjacent to an activating group) is 1. The fourth-order valence-corrected chi connectivity index (χ4v) is 11.2. The van der Waals surface area contributed by atoms with E-state index in [-0.39, 0.29) is 12.5 Å². The molecule has 0 saturated heterocycles. The third-order valence-electron chi connectivity index (χ3n) is 16.2. The monoisotopic (exact) mass is 1250 g/mol. The number of phosphoric ester groups is 1. The van der Waals surface area contributed by atoms with Crippen molar-refractivity contribution in [1.82, 2.24) is 5.32 Å². The Morgan fingerprint density at radius 3 is 1.01 bits per heavy atom. The van der Waals surface area contributed by atoms with E-state index < -0.39 is 26.6 Å². The molecular weight excluding hydrogens is 1100 g/mol. The molecule has 0 aromatic heterocycles. The summed E-state index contributed by atoms with van der Waals surface area (Å²) in [5.74, 6) is -0.210. The normalized spacial score (nSPS) is 14.3. The van der Waals surface area contributed by atoms with E-state index in [9.17, 15) is 19.4 Å². The fraction of sp³-hybridized carbons (Fsp3) is 0.734. The van der Waals surface area contributed by atoms with E-state index in [1.807, 2.05) is 27.2 Å². The molecule has 0 aliphatic carbocycles. The lowest BCUT2D eigenvalue weighted by molar-refractivity contribution is -0.870. The summed E-state index contributed by atoms with van der Waals surface area (Å²) in [7, 11) is 1.25. The minimum atomic E-state index is -4.62. The summed E-state index contributed by atoms with van der Waals surface area (Å²) in [6.07, 6.45) is 102. The van der Waals surface area contributed by atoms with Crippen LogP contribution in [0.25, 0.3) is 0 Å². The predicted octanol–water partition coefficient (Wildman–Crippen LogP) is 23.4. The lowest BCUT2D eigenvalue weighted by atomic mass is 10.0. The lowest BCUT2D eigenvalue weighted by Gasteiger charge is -2.29. The maximum absolute atomic E-state index is 13.1. The van der Waals surface area contributed by atoms with Gasteiger partial charge < -0.3 is 28.8 Å². The highest BCUT2D eigenvalue weighted by atomic mass is 31.2. The molecule has 508 valence electrons. The standard InChI is InChI=1S/C79H141N2O6P/c1-6-8-10-12-14-16-18-20-22-24-26-28-30-32-34-36-38-39-40-41-43-45-47-49-51-53-55-57-59-61-63-65-67-69-71-73-79(83)80-77(76-87-88(84,85)86-75-74-81(3,4)5)78(82)72-70-68-66-64-62-60-58-56-54-52-50-48-46-44-42-37-35-33-31-29-27-25-23-21-19-17-15-13-11-9-7-2/h8,10,14,16,20,22,26,28,32,34,38-39,41,43,47,49,53,55,70,72,77-78,82H,6-7,9,11-13,15,17-19,21,23-25,27,29-31,33,35-37,40,42,44-46,48,50-52,54,56-69,71,73-76H2,1-5H3,(H-,80,83,84,85)/b10-8-,16-14-,22-20-,28-26-,34-32-,39-38-,43-41-,49-47-,55-53-,72-70+. The zero-order valence-corrected chi connectivity index (χ0v) is 59.0. The van der Waals surface area contributed by atoms with Crippen LogP contribution in [0.4, 0.5) is 0 Å². The van der Waals surface area contributed by atoms with Gasteiger partial charge in [-0.1, -0.05) is 347 Å². The molecule has 88 heavy (non-hydrogen) atoms. The topological polar surface area (TPSA) is 108 Å². The van der Waals surface area contributed by atoms with E-state index in [4.69, 9.17) is 9.05 Å². The Bertz CT molecular complexity index is 1850. The van der Waals surface area contributed by atoms with Gasteiger partial charge in [0.05, 0.1) is 39.9 Å². The molecule has 3 unspecified atom stereocenters. The minimum Gasteiger partial charge on any atom is -0.756 e. The Kier molecular flexibility index (Phi) is 65.9. The van der Waals surface area contributed by atoms with Gasteiger partial charge in [-0.3, -0.25) is 9.36 Å². The van der Waals surface area contributed by atoms with Crippen LogP contribution in [0.3, 0.4) is 0 Å². The molecule has 1 amide bonds. The number of amides is 1. The van der Waals surface area contributed by atoms with Gasteiger partial charge in [0, 0.05) is 6.42 Å². The SMILES string of the molecule is CC/C=C\C/C=C\C/C=C\C/C=C\C/C=C\C/C=C\C/C=C\C/C=C\C/C=C\CCCCCCCCCC(=O)NC(COP(=O)([O-])OCC[N+](C)(C)C)C(O)/C=C/CCCCCCCCCCCCCCCCCCCCCCCCCCCCCCC. The highest BCUT2D eigenvalue weighted by Crippen LogP contribution is 2.38. The van der Waals surface area contributed by atoms with E-state index in [1.54, 1.807) is 6.08 Å². The maximum atomic E-state index is 13.1. The molecular formula is C79H141N2O6P. The second kappa shape index (κ2) is 68.3. The number of allylic oxidation sites excluding steroid dienone is 19. The summed E-state index contributed by atoms with van der Waals surface area (Å²) < 4.78 is 23.5. The molecule has 0 rings (SSSR count). The summed E-state index contributed by atoms with van der Waals surface area (Å²) in [6, 6.07) is -0.904. The summed E-state index contributed by atoms with van der Waals surface area (Å²) in [5, 5.41) is 14.0. The van der Waals surface area contributed by atoms with Crippen molar-refractivity contribution in [2.75, 3.05) is 40.9 Å². The Morgan fingerprint density at radius 1 is 0.409 bits per heavy atom. The Hall–Kier alpha value is -3.10. The number of nitrogens with one attached hydrogen (secondary N) is 1. The third kappa shape index (κ3) is 70.4. The molecule has 0 radical (unpaired) electrons. The molecule has 0 heterocycles. The number of carbonyl (C=O) groups is 1. The average Bonchev–Trinajstić information content (AvgIpc) is 3.64. The first kappa shape index (κ1) is 84.9. The number of quaternary nitrogens is 1. The Morgan fingerprint density at radius 2 is 0.693 bits per heavy atom. The van der Waals surface area contributed by atoms with Crippen LogP contribution in [0, 0.1) is 0 Å². The average molecular weight is 1250 g/mol. The van der Waals surface area contributed by atoms with E-state index in [0.29, 0.717) is 17.4 Å². The quantitative estimate of drug-likeness (QED) is 0.0272. The highest BCUT2D eigenvalue weighted by molar-refractivity contribution is 7.45. The van der Waals surface area contributed by atoms with Gasteiger partial charge >= 0.3 is 0 Å². The molecule has 0 aliphatic rings. The molecule has 0 fully saturated rings. The number of hydrogen-bond acceptors (Lipinski definition) is 6. The van der Waals surface area contributed by atoms with Crippen LogP contribution in [0.2, 0.25) is 0 Å². The van der Waals surface area contributed by atoms with Crippen molar-refractivity contribution in [3.8, 4) is 0 Å². The molecule has 2 N–H and O–H groups in total. The molecule has 0 aromatic carbocycles. The van der Waals surface area contributed by atoms with Crippen molar-refractivity contribution in [1.29, 1.82) is 0 Å². The van der Waals surface area contributed by atoms with E-state index in [2.05, 4.69) is 129 Å². The first-order chi connectivity index (χ1) is 43.0. The fourth-order valence-electron chi connectivity index (χ4n) is 10.5. The number of aliphatic hydroxyl groups excluding tert-OH is 1. The lowest BCUT2D eigenvalue weighted by Crippen LogP contribution is -2.45. The Balaban J connectivity index is 4.13. The van der Waals surface area contributed by atoms with E-state index in [0.717, 1.165) is 109 Å². The summed E-state index contributed by atoms with van der Waals surface area (Å²) in [5.41, 5.74) is 0. The summed E-state index contributed by atoms with van der Waals surface area (Å²) >= 11 is 0. The molecule has 8 nitrogen and oxygen atoms in total. The van der Waals surface area contributed by atoms with Crippen LogP contribution in [-0.4, -0.2) is 68.5 Å². The molecule has 0 spiro atoms. The van der Waals surface area contributed by atoms with Crippen LogP contribution < -0.4 is 10.2 Å². The predicted molar refractivity (Wildman–Crippen MR) is 385 cm³/mol. The number of rotatable bonds is 67. The zero-order chi connectivity index (χ0) is 64.1. The molecule has 0 saturated carbocycles. The highest BCUT2D eigenvalue weighted by Gasteiger charge is 2.23. The third-order valence-corrected chi connectivity index (χ3v) is 17.1. The number of carbonyl (C=O) groups excluding carboxylic acids is 1. The van der Waals surface area contributed by atoms with Gasteiger partial charge in [-0.15, -0.1) is 0 Å². The van der Waals surface area contributed by atoms with Gasteiger partial charge in [0.1, 0.15) is 13.2 Å². The molecule has 9 heteroatoms. The van der Waals surface area contributed by atoms with Crippen molar-refractivity contribution in [2.24, 2.45) is 0 Å². The van der Waals surface area contributed by atoms with Crippen molar-refractivity contribution in [3.63, 3.8) is 0 Å². The number of unbranched alkanes of at least 4 members (excludes halogenated alkanes) is 36. The maximum Gasteiger partial charge on any atom is 0.268 e. The smallest absolute Gasteiger partial charge is 0.268 e. The molecule has 3 atom stereocenters. The number of hydrogen-bond donors (Lipinski definition) is 2. The largest absolute Gasteiger partial charge is 0.756 e. The van der Waals surface area contributed by atoms with Gasteiger partial charge in [-0.05, 0) is 89.9 Å². The van der Waals surface area contributed by atoms with Crippen molar-refractivity contribution >= 4 is 13.7 Å². The van der Waals surface area contributed by atoms with Crippen molar-refractivity contribution in [2.45, 2.75) is 334 Å². The van der Waals surface area contributed by atoms with Gasteiger partial charge in [-0.2, -0.15) is 0 Å². The number of nitrogens with zero attached hydrogens (tertiary/aromatic N) is 1. The van der Waals surface area contributed by atoms with Gasteiger partial charge in [0.15, 0.2) is 0 Å². The Labute approximate surface area is 545 Å². The van der Waals surface area contributed by atoms with Crippen molar-refractivity contribution in [3.05, 3.63) is 122 Å². The minimum absolute atomic E-state index is 0.00883. The number of phosphoric acid groups is 1. The van der Waals surface area contributed by atoms with Crippen LogP contribution in [0.1, 0.15) is 322 Å². The number of aliphatic hydroxyl groups is 1. The van der Waals surface area contributed by atoms with Crippen LogP contribution in [0.15, 0.2) is 122 Å². The van der Waals surface area contributed by atoms with Crippen LogP contribution >= 0.6 is 7.82 Å². The second-order valence-electron chi connectivity index (χ2n) is 25.9. The summed E-state index contributed by atoms with van der Waals surface area (Å²) in [4.78, 5) is 25.7. The molecule has 0 aromatic rings. The zero-order valence-electron chi connectivity index (χ0n) is 58.1. The van der Waals surface area contributed by atoms with E-state index >= 15 is 0 Å². The van der Waals surface area contributed by atoms with Crippen LogP contribution in [0.5, 0.6) is 0 Å². The second-order valence-corrected chi connectivity index (χ2v) is 27.3. The first-order valence-corrected chi connectivity index (χ1v) is 38.4. The van der Waals surface area contributed by atoms with Gasteiger partial charge in [-0.25, -0.2) is 0 Å². The first-order valence-electron chi connectivity index (χ1n) is 36.9.